The summed E-state index contributed by atoms with van der Waals surface area (Å²) in [6.07, 6.45) is 1.47. The van der Waals surface area contributed by atoms with Gasteiger partial charge in [-0.2, -0.15) is 0 Å². The van der Waals surface area contributed by atoms with E-state index < -0.39 is 0 Å². The lowest BCUT2D eigenvalue weighted by Crippen LogP contribution is -1.96. The Morgan fingerprint density at radius 1 is 1.05 bits per heavy atom. The van der Waals surface area contributed by atoms with Gasteiger partial charge in [-0.15, -0.1) is 11.3 Å². The van der Waals surface area contributed by atoms with Crippen molar-refractivity contribution < 1.29 is 5.11 Å². The quantitative estimate of drug-likeness (QED) is 0.543. The van der Waals surface area contributed by atoms with Crippen LogP contribution >= 0.6 is 27.3 Å². The lowest BCUT2D eigenvalue weighted by molar-refractivity contribution is 0.481. The number of aromatic nitrogens is 3. The molecule has 0 bridgehead atoms. The third-order valence-electron chi connectivity index (χ3n) is 3.28. The van der Waals surface area contributed by atoms with Crippen LogP contribution in [0.15, 0.2) is 46.6 Å². The molecule has 2 N–H and O–H groups in total. The molecule has 0 aliphatic heterocycles. The number of anilines is 2. The second-order valence-corrected chi connectivity index (χ2v) is 6.50. The monoisotopic (exact) mass is 372 g/mol. The van der Waals surface area contributed by atoms with Gasteiger partial charge in [0.1, 0.15) is 17.9 Å². The first-order chi connectivity index (χ1) is 10.7. The molecule has 7 heteroatoms. The molecule has 4 aromatic rings. The number of halogens is 1. The maximum absolute atomic E-state index is 10.2. The zero-order valence-electron chi connectivity index (χ0n) is 11.1. The first-order valence-corrected chi connectivity index (χ1v) is 8.11. The van der Waals surface area contributed by atoms with E-state index in [0.717, 1.165) is 20.4 Å². The Balaban J connectivity index is 1.83. The van der Waals surface area contributed by atoms with Crippen molar-refractivity contribution in [1.29, 1.82) is 0 Å². The molecule has 2 heterocycles. The summed E-state index contributed by atoms with van der Waals surface area (Å²) < 4.78 is 1.86. The third kappa shape index (κ3) is 2.28. The van der Waals surface area contributed by atoms with Gasteiger partial charge in [0, 0.05) is 10.2 Å². The molecule has 4 rings (SSSR count). The van der Waals surface area contributed by atoms with Gasteiger partial charge < -0.3 is 10.4 Å². The minimum atomic E-state index is 0.131. The Morgan fingerprint density at radius 3 is 2.86 bits per heavy atom. The van der Waals surface area contributed by atoms with E-state index in [4.69, 9.17) is 0 Å². The van der Waals surface area contributed by atoms with Gasteiger partial charge in [-0.1, -0.05) is 15.9 Å². The van der Waals surface area contributed by atoms with Gasteiger partial charge in [-0.25, -0.2) is 15.0 Å². The highest BCUT2D eigenvalue weighted by molar-refractivity contribution is 9.10. The number of rotatable bonds is 2. The second-order valence-electron chi connectivity index (χ2n) is 4.70. The van der Waals surface area contributed by atoms with Crippen molar-refractivity contribution in [2.24, 2.45) is 0 Å². The second kappa shape index (κ2) is 5.19. The minimum absolute atomic E-state index is 0.131. The van der Waals surface area contributed by atoms with Crippen molar-refractivity contribution in [3.63, 3.8) is 0 Å². The van der Waals surface area contributed by atoms with Crippen LogP contribution < -0.4 is 5.32 Å². The summed E-state index contributed by atoms with van der Waals surface area (Å²) in [7, 11) is 0. The van der Waals surface area contributed by atoms with E-state index in [1.807, 2.05) is 29.8 Å². The molecule has 5 nitrogen and oxygen atoms in total. The zero-order chi connectivity index (χ0) is 15.1. The Bertz CT molecular complexity index is 1000. The summed E-state index contributed by atoms with van der Waals surface area (Å²) in [5, 5.41) is 14.0. The van der Waals surface area contributed by atoms with Crippen molar-refractivity contribution in [3.8, 4) is 5.75 Å². The molecule has 22 heavy (non-hydrogen) atoms. The van der Waals surface area contributed by atoms with Crippen LogP contribution in [-0.4, -0.2) is 20.1 Å². The predicted molar refractivity (Wildman–Crippen MR) is 91.8 cm³/mol. The summed E-state index contributed by atoms with van der Waals surface area (Å²) >= 11 is 4.93. The largest absolute Gasteiger partial charge is 0.507 e. The number of phenols is 1. The molecule has 0 fully saturated rings. The lowest BCUT2D eigenvalue weighted by atomic mass is 10.2. The van der Waals surface area contributed by atoms with Crippen molar-refractivity contribution in [3.05, 3.63) is 46.6 Å². The van der Waals surface area contributed by atoms with Crippen LogP contribution in [-0.2, 0) is 0 Å². The Labute approximate surface area is 137 Å². The van der Waals surface area contributed by atoms with Gasteiger partial charge in [0.2, 0.25) is 0 Å². The fraction of sp³-hybridized carbons (Fsp3) is 0. The van der Waals surface area contributed by atoms with Crippen LogP contribution in [0.5, 0.6) is 5.75 Å². The lowest BCUT2D eigenvalue weighted by Gasteiger charge is -2.10. The van der Waals surface area contributed by atoms with Gasteiger partial charge in [0.15, 0.2) is 0 Å². The van der Waals surface area contributed by atoms with E-state index in [2.05, 4.69) is 36.2 Å². The maximum atomic E-state index is 10.2. The molecule has 0 unspecified atom stereocenters. The predicted octanol–water partition coefficient (Wildman–Crippen LogP) is 4.45. The third-order valence-corrected chi connectivity index (χ3v) is 4.53. The maximum Gasteiger partial charge on any atom is 0.145 e. The molecule has 0 radical (unpaired) electrons. The number of thiazole rings is 1. The Kier molecular flexibility index (Phi) is 3.16. The fourth-order valence-electron chi connectivity index (χ4n) is 2.30. The van der Waals surface area contributed by atoms with E-state index in [1.54, 1.807) is 17.4 Å². The van der Waals surface area contributed by atoms with Crippen molar-refractivity contribution in [2.45, 2.75) is 0 Å². The first-order valence-electron chi connectivity index (χ1n) is 6.44. The number of fused-ring (bicyclic) bond motifs is 2. The highest BCUT2D eigenvalue weighted by Crippen LogP contribution is 2.34. The van der Waals surface area contributed by atoms with Gasteiger partial charge >= 0.3 is 0 Å². The van der Waals surface area contributed by atoms with Crippen LogP contribution in [0, 0.1) is 0 Å². The van der Waals surface area contributed by atoms with Crippen LogP contribution in [0.25, 0.3) is 21.1 Å². The first kappa shape index (κ1) is 13.4. The molecule has 0 amide bonds. The molecule has 108 valence electrons. The van der Waals surface area contributed by atoms with E-state index >= 15 is 0 Å². The number of aromatic hydroxyl groups is 1. The van der Waals surface area contributed by atoms with E-state index in [1.165, 1.54) is 6.33 Å². The molecule has 0 saturated carbocycles. The number of benzene rings is 2. The topological polar surface area (TPSA) is 70.9 Å². The average Bonchev–Trinajstić information content (AvgIpc) is 2.94. The smallest absolute Gasteiger partial charge is 0.145 e. The van der Waals surface area contributed by atoms with Crippen LogP contribution in [0.4, 0.5) is 11.5 Å². The molecular weight excluding hydrogens is 364 g/mol. The molecule has 0 aliphatic carbocycles. The summed E-state index contributed by atoms with van der Waals surface area (Å²) in [5.74, 6) is 0.699. The van der Waals surface area contributed by atoms with Gasteiger partial charge in [-0.05, 0) is 30.3 Å². The van der Waals surface area contributed by atoms with E-state index in [9.17, 15) is 5.11 Å². The number of hydrogen-bond acceptors (Lipinski definition) is 6. The molecule has 0 atom stereocenters. The normalized spacial score (nSPS) is 11.1. The molecule has 0 saturated heterocycles. The zero-order valence-corrected chi connectivity index (χ0v) is 13.5. The van der Waals surface area contributed by atoms with E-state index in [-0.39, 0.29) is 5.75 Å². The van der Waals surface area contributed by atoms with Crippen LogP contribution in [0.3, 0.4) is 0 Å². The summed E-state index contributed by atoms with van der Waals surface area (Å²) in [6.45, 7) is 0. The van der Waals surface area contributed by atoms with E-state index in [0.29, 0.717) is 16.7 Å². The molecule has 0 aliphatic rings. The highest BCUT2D eigenvalue weighted by atomic mass is 79.9. The van der Waals surface area contributed by atoms with Crippen molar-refractivity contribution >= 4 is 59.9 Å². The molecular formula is C15H9BrN4OS. The SMILES string of the molecule is Oc1cc(Br)cc2ncnc(Nc3ccc4ncsc4c3)c12. The Hall–Kier alpha value is -2.25. The average molecular weight is 373 g/mol. The van der Waals surface area contributed by atoms with Gasteiger partial charge in [-0.3, -0.25) is 0 Å². The van der Waals surface area contributed by atoms with Crippen molar-refractivity contribution in [2.75, 3.05) is 5.32 Å². The highest BCUT2D eigenvalue weighted by Gasteiger charge is 2.10. The summed E-state index contributed by atoms with van der Waals surface area (Å²) in [5.41, 5.74) is 4.34. The minimum Gasteiger partial charge on any atom is -0.507 e. The fourth-order valence-corrected chi connectivity index (χ4v) is 3.45. The van der Waals surface area contributed by atoms with Crippen molar-refractivity contribution in [1.82, 2.24) is 15.0 Å². The van der Waals surface area contributed by atoms with Gasteiger partial charge in [0.05, 0.1) is 26.6 Å². The van der Waals surface area contributed by atoms with Gasteiger partial charge in [0.25, 0.3) is 0 Å². The Morgan fingerprint density at radius 2 is 1.95 bits per heavy atom. The standard InChI is InChI=1S/C15H9BrN4OS/c16-8-3-11-14(12(21)4-8)15(18-6-17-11)20-9-1-2-10-13(5-9)22-7-19-10/h1-7,21H,(H,17,18,20). The molecule has 2 aromatic heterocycles. The summed E-state index contributed by atoms with van der Waals surface area (Å²) in [6, 6.07) is 9.37. The van der Waals surface area contributed by atoms with Crippen LogP contribution in [0.2, 0.25) is 0 Å². The number of nitrogens with zero attached hydrogens (tertiary/aromatic N) is 3. The molecule has 2 aromatic carbocycles. The number of nitrogens with one attached hydrogen (secondary N) is 1. The van der Waals surface area contributed by atoms with Crippen LogP contribution in [0.1, 0.15) is 0 Å². The summed E-state index contributed by atoms with van der Waals surface area (Å²) in [4.78, 5) is 12.7. The molecule has 0 spiro atoms. The number of phenolic OH excluding ortho intramolecular Hbond substituents is 1. The number of hydrogen-bond donors (Lipinski definition) is 2.